The number of sulfonamides is 1. The Morgan fingerprint density at radius 1 is 1.26 bits per heavy atom. The van der Waals surface area contributed by atoms with Crippen molar-refractivity contribution in [3.05, 3.63) is 29.8 Å². The molecule has 1 atom stereocenters. The van der Waals surface area contributed by atoms with E-state index in [4.69, 9.17) is 10.2 Å². The number of amides is 1. The Kier molecular flexibility index (Phi) is 6.71. The van der Waals surface area contributed by atoms with E-state index in [0.29, 0.717) is 18.4 Å². The van der Waals surface area contributed by atoms with Gasteiger partial charge in [0.25, 0.3) is 0 Å². The molecule has 7 nitrogen and oxygen atoms in total. The predicted molar refractivity (Wildman–Crippen MR) is 85.1 cm³/mol. The van der Waals surface area contributed by atoms with Crippen molar-refractivity contribution < 1.29 is 23.1 Å². The Hall–Kier alpha value is -1.93. The molecule has 0 bridgehead atoms. The third kappa shape index (κ3) is 5.99. The normalized spacial score (nSPS) is 12.7. The van der Waals surface area contributed by atoms with Gasteiger partial charge in [0.1, 0.15) is 0 Å². The number of hydrogen-bond acceptors (Lipinski definition) is 4. The van der Waals surface area contributed by atoms with Gasteiger partial charge in [-0.25, -0.2) is 13.6 Å². The maximum Gasteiger partial charge on any atom is 0.303 e. The lowest BCUT2D eigenvalue weighted by Gasteiger charge is -2.25. The molecule has 0 aromatic heterocycles. The van der Waals surface area contributed by atoms with Gasteiger partial charge < -0.3 is 10.0 Å². The van der Waals surface area contributed by atoms with Gasteiger partial charge in [0.05, 0.1) is 10.9 Å². The summed E-state index contributed by atoms with van der Waals surface area (Å²) in [5.74, 6) is -0.997. The van der Waals surface area contributed by atoms with Crippen LogP contribution in [0.25, 0.3) is 0 Å². The highest BCUT2D eigenvalue weighted by molar-refractivity contribution is 7.89. The van der Waals surface area contributed by atoms with Crippen molar-refractivity contribution in [2.24, 2.45) is 5.14 Å². The van der Waals surface area contributed by atoms with Gasteiger partial charge in [-0.3, -0.25) is 9.59 Å². The SMILES string of the molecule is CC(c1cccc(S(N)(=O)=O)c1)N(C)C(=O)CCCCC(=O)O. The summed E-state index contributed by atoms with van der Waals surface area (Å²) in [6, 6.07) is 5.85. The second-order valence-electron chi connectivity index (χ2n) is 5.40. The molecule has 3 N–H and O–H groups in total. The number of carbonyl (C=O) groups is 2. The molecule has 1 unspecified atom stereocenters. The van der Waals surface area contributed by atoms with Crippen LogP contribution in [0.15, 0.2) is 29.2 Å². The molecule has 8 heteroatoms. The molecule has 1 amide bonds. The maximum absolute atomic E-state index is 12.1. The monoisotopic (exact) mass is 342 g/mol. The van der Waals surface area contributed by atoms with E-state index in [2.05, 4.69) is 0 Å². The lowest BCUT2D eigenvalue weighted by atomic mass is 10.1. The van der Waals surface area contributed by atoms with Gasteiger partial charge in [0.2, 0.25) is 15.9 Å². The van der Waals surface area contributed by atoms with E-state index in [1.165, 1.54) is 17.0 Å². The average Bonchev–Trinajstić information content (AvgIpc) is 2.49. The highest BCUT2D eigenvalue weighted by atomic mass is 32.2. The minimum absolute atomic E-state index is 0.00385. The van der Waals surface area contributed by atoms with Crippen LogP contribution in [0.5, 0.6) is 0 Å². The molecule has 1 rings (SSSR count). The topological polar surface area (TPSA) is 118 Å². The van der Waals surface area contributed by atoms with Crippen LogP contribution in [0.2, 0.25) is 0 Å². The van der Waals surface area contributed by atoms with Crippen molar-refractivity contribution in [3.63, 3.8) is 0 Å². The molecule has 0 aliphatic carbocycles. The second-order valence-corrected chi connectivity index (χ2v) is 6.96. The summed E-state index contributed by atoms with van der Waals surface area (Å²) >= 11 is 0. The number of unbranched alkanes of at least 4 members (excludes halogenated alkanes) is 1. The minimum atomic E-state index is -3.79. The summed E-state index contributed by atoms with van der Waals surface area (Å²) in [5, 5.41) is 13.7. The van der Waals surface area contributed by atoms with E-state index < -0.39 is 16.0 Å². The standard InChI is InChI=1S/C15H22N2O5S/c1-11(12-6-5-7-13(10-12)23(16,21)22)17(2)14(18)8-3-4-9-15(19)20/h5-7,10-11H,3-4,8-9H2,1-2H3,(H,19,20)(H2,16,21,22). The third-order valence-corrected chi connectivity index (χ3v) is 4.59. The van der Waals surface area contributed by atoms with Crippen molar-refractivity contribution in [1.29, 1.82) is 0 Å². The van der Waals surface area contributed by atoms with Crippen molar-refractivity contribution in [3.8, 4) is 0 Å². The molecule has 1 aromatic carbocycles. The first-order chi connectivity index (χ1) is 10.6. The van der Waals surface area contributed by atoms with Gasteiger partial charge in [-0.2, -0.15) is 0 Å². The Morgan fingerprint density at radius 2 is 1.87 bits per heavy atom. The Bertz CT molecular complexity index is 672. The summed E-state index contributed by atoms with van der Waals surface area (Å²) in [6.45, 7) is 1.79. The average molecular weight is 342 g/mol. The number of carbonyl (C=O) groups excluding carboxylic acids is 1. The fraction of sp³-hybridized carbons (Fsp3) is 0.467. The molecule has 23 heavy (non-hydrogen) atoms. The molecule has 128 valence electrons. The minimum Gasteiger partial charge on any atom is -0.481 e. The van der Waals surface area contributed by atoms with Crippen LogP contribution in [0.4, 0.5) is 0 Å². The van der Waals surface area contributed by atoms with E-state index in [0.717, 1.165) is 0 Å². The van der Waals surface area contributed by atoms with Crippen LogP contribution < -0.4 is 5.14 Å². The molecule has 0 fully saturated rings. The van der Waals surface area contributed by atoms with Crippen LogP contribution in [0.3, 0.4) is 0 Å². The lowest BCUT2D eigenvalue weighted by molar-refractivity contribution is -0.137. The number of nitrogens with zero attached hydrogens (tertiary/aromatic N) is 1. The predicted octanol–water partition coefficient (Wildman–Crippen LogP) is 1.50. The summed E-state index contributed by atoms with van der Waals surface area (Å²) < 4.78 is 22.8. The third-order valence-electron chi connectivity index (χ3n) is 3.67. The molecule has 0 aliphatic heterocycles. The molecule has 0 saturated carbocycles. The van der Waals surface area contributed by atoms with E-state index in [1.54, 1.807) is 26.1 Å². The number of carboxylic acid groups (broad SMARTS) is 1. The number of primary sulfonamides is 1. The quantitative estimate of drug-likeness (QED) is 0.694. The van der Waals surface area contributed by atoms with Gasteiger partial charge in [0.15, 0.2) is 0 Å². The summed E-state index contributed by atoms with van der Waals surface area (Å²) in [4.78, 5) is 24.1. The highest BCUT2D eigenvalue weighted by Crippen LogP contribution is 2.22. The molecular formula is C15H22N2O5S. The van der Waals surface area contributed by atoms with Gasteiger partial charge in [0, 0.05) is 19.9 Å². The van der Waals surface area contributed by atoms with Crippen molar-refractivity contribution >= 4 is 21.9 Å². The van der Waals surface area contributed by atoms with Crippen LogP contribution in [-0.4, -0.2) is 37.3 Å². The van der Waals surface area contributed by atoms with Crippen LogP contribution >= 0.6 is 0 Å². The van der Waals surface area contributed by atoms with Crippen LogP contribution in [0, 0.1) is 0 Å². The molecule has 0 saturated heterocycles. The Labute approximate surface area is 136 Å². The van der Waals surface area contributed by atoms with Crippen molar-refractivity contribution in [1.82, 2.24) is 4.90 Å². The Morgan fingerprint density at radius 3 is 2.43 bits per heavy atom. The number of benzene rings is 1. The van der Waals surface area contributed by atoms with Gasteiger partial charge in [-0.05, 0) is 37.5 Å². The molecular weight excluding hydrogens is 320 g/mol. The maximum atomic E-state index is 12.1. The second kappa shape index (κ2) is 8.07. The number of hydrogen-bond donors (Lipinski definition) is 2. The summed E-state index contributed by atoms with van der Waals surface area (Å²) in [5.41, 5.74) is 0.665. The zero-order chi connectivity index (χ0) is 17.6. The fourth-order valence-electron chi connectivity index (χ4n) is 2.12. The smallest absolute Gasteiger partial charge is 0.303 e. The van der Waals surface area contributed by atoms with E-state index >= 15 is 0 Å². The first-order valence-electron chi connectivity index (χ1n) is 7.23. The first kappa shape index (κ1) is 19.1. The first-order valence-corrected chi connectivity index (χ1v) is 8.77. The van der Waals surface area contributed by atoms with E-state index in [1.807, 2.05) is 0 Å². The van der Waals surface area contributed by atoms with E-state index in [-0.39, 0.29) is 29.7 Å². The number of rotatable bonds is 8. The molecule has 0 aliphatic rings. The zero-order valence-corrected chi connectivity index (χ0v) is 14.0. The lowest BCUT2D eigenvalue weighted by Crippen LogP contribution is -2.29. The highest BCUT2D eigenvalue weighted by Gasteiger charge is 2.18. The summed E-state index contributed by atoms with van der Waals surface area (Å²) in [6.07, 6.45) is 1.25. The number of aliphatic carboxylic acids is 1. The fourth-order valence-corrected chi connectivity index (χ4v) is 2.69. The van der Waals surface area contributed by atoms with Gasteiger partial charge in [-0.15, -0.1) is 0 Å². The molecule has 1 aromatic rings. The van der Waals surface area contributed by atoms with Gasteiger partial charge in [-0.1, -0.05) is 12.1 Å². The number of nitrogens with two attached hydrogens (primary N) is 1. The van der Waals surface area contributed by atoms with Gasteiger partial charge >= 0.3 is 5.97 Å². The van der Waals surface area contributed by atoms with Crippen molar-refractivity contribution in [2.75, 3.05) is 7.05 Å². The number of carboxylic acids is 1. The Balaban J connectivity index is 2.71. The van der Waals surface area contributed by atoms with Crippen LogP contribution in [-0.2, 0) is 19.6 Å². The summed E-state index contributed by atoms with van der Waals surface area (Å²) in [7, 11) is -2.16. The molecule has 0 radical (unpaired) electrons. The molecule has 0 spiro atoms. The largest absolute Gasteiger partial charge is 0.481 e. The van der Waals surface area contributed by atoms with E-state index in [9.17, 15) is 18.0 Å². The molecule has 0 heterocycles. The van der Waals surface area contributed by atoms with Crippen molar-refractivity contribution in [2.45, 2.75) is 43.5 Å². The zero-order valence-electron chi connectivity index (χ0n) is 13.2. The van der Waals surface area contributed by atoms with Crippen LogP contribution in [0.1, 0.15) is 44.2 Å².